The number of unbranched alkanes of at least 4 members (excludes halogenated alkanes) is 15. The fraction of sp³-hybridized carbons (Fsp3) is 0.897. The smallest absolute Gasteiger partial charge is 0.232 e. The van der Waals surface area contributed by atoms with Crippen LogP contribution in [0.15, 0.2) is 0 Å². The van der Waals surface area contributed by atoms with Crippen LogP contribution in [-0.4, -0.2) is 94.5 Å². The second-order valence-electron chi connectivity index (χ2n) is 10.4. The zero-order valence-electron chi connectivity index (χ0n) is 24.7. The van der Waals surface area contributed by atoms with E-state index in [0.717, 1.165) is 19.4 Å². The Labute approximate surface area is 237 Å². The number of aliphatic hydroxyl groups excluding tert-OH is 4. The molecule has 0 aliphatic rings. The van der Waals surface area contributed by atoms with Crippen LogP contribution in [-0.2, 0) is 0 Å². The molecule has 0 spiro atoms. The van der Waals surface area contributed by atoms with Crippen molar-refractivity contribution in [2.45, 2.75) is 110 Å². The van der Waals surface area contributed by atoms with Crippen molar-refractivity contribution in [1.82, 2.24) is 15.0 Å². The fourth-order valence-corrected chi connectivity index (χ4v) is 4.70. The first-order valence-corrected chi connectivity index (χ1v) is 15.6. The van der Waals surface area contributed by atoms with Crippen molar-refractivity contribution < 1.29 is 20.4 Å². The number of aliphatic hydroxyl groups is 4. The normalized spacial score (nSPS) is 11.2. The lowest BCUT2D eigenvalue weighted by atomic mass is 10.0. The van der Waals surface area contributed by atoms with Gasteiger partial charge in [0, 0.05) is 32.7 Å². The molecule has 0 radical (unpaired) electrons. The largest absolute Gasteiger partial charge is 0.395 e. The molecule has 228 valence electrons. The molecule has 0 atom stereocenters. The van der Waals surface area contributed by atoms with Gasteiger partial charge in [0.25, 0.3) is 0 Å². The predicted octanol–water partition coefficient (Wildman–Crippen LogP) is 4.13. The summed E-state index contributed by atoms with van der Waals surface area (Å²) < 4.78 is 0. The summed E-state index contributed by atoms with van der Waals surface area (Å²) >= 11 is 0. The van der Waals surface area contributed by atoms with Crippen molar-refractivity contribution in [2.24, 2.45) is 0 Å². The van der Waals surface area contributed by atoms with Crippen LogP contribution < -0.4 is 15.1 Å². The molecular formula is C29H58N6O4. The number of rotatable bonds is 28. The number of hydrogen-bond acceptors (Lipinski definition) is 10. The molecule has 0 amide bonds. The molecule has 0 unspecified atom stereocenters. The first-order valence-electron chi connectivity index (χ1n) is 15.6. The minimum absolute atomic E-state index is 0.0973. The van der Waals surface area contributed by atoms with Gasteiger partial charge in [-0.3, -0.25) is 0 Å². The van der Waals surface area contributed by atoms with Gasteiger partial charge in [0.1, 0.15) is 0 Å². The molecule has 0 aliphatic carbocycles. The molecule has 0 saturated carbocycles. The average molecular weight is 555 g/mol. The van der Waals surface area contributed by atoms with E-state index in [0.29, 0.717) is 17.8 Å². The summed E-state index contributed by atoms with van der Waals surface area (Å²) in [7, 11) is 0. The lowest BCUT2D eigenvalue weighted by molar-refractivity contribution is 0.279. The Bertz CT molecular complexity index is 639. The van der Waals surface area contributed by atoms with E-state index in [2.05, 4.69) is 27.2 Å². The second-order valence-corrected chi connectivity index (χ2v) is 10.4. The minimum atomic E-state index is -0.0973. The molecule has 1 rings (SSSR count). The Hall–Kier alpha value is -1.75. The monoisotopic (exact) mass is 554 g/mol. The summed E-state index contributed by atoms with van der Waals surface area (Å²) in [6.07, 6.45) is 21.3. The van der Waals surface area contributed by atoms with E-state index in [-0.39, 0.29) is 52.6 Å². The summed E-state index contributed by atoms with van der Waals surface area (Å²) in [5.74, 6) is 1.11. The quantitative estimate of drug-likeness (QED) is 0.0961. The highest BCUT2D eigenvalue weighted by atomic mass is 16.3. The Morgan fingerprint density at radius 3 is 1.15 bits per heavy atom. The van der Waals surface area contributed by atoms with Crippen molar-refractivity contribution >= 4 is 17.8 Å². The van der Waals surface area contributed by atoms with E-state index < -0.39 is 0 Å². The van der Waals surface area contributed by atoms with Gasteiger partial charge in [0.15, 0.2) is 0 Å². The second kappa shape index (κ2) is 25.2. The molecule has 0 bridgehead atoms. The van der Waals surface area contributed by atoms with Crippen LogP contribution in [0.25, 0.3) is 0 Å². The van der Waals surface area contributed by atoms with Crippen molar-refractivity contribution in [3.05, 3.63) is 0 Å². The van der Waals surface area contributed by atoms with Crippen molar-refractivity contribution in [2.75, 3.05) is 74.3 Å². The molecule has 0 aliphatic heterocycles. The molecule has 1 heterocycles. The van der Waals surface area contributed by atoms with Gasteiger partial charge in [-0.25, -0.2) is 0 Å². The lowest BCUT2D eigenvalue weighted by Crippen LogP contribution is -2.35. The van der Waals surface area contributed by atoms with Gasteiger partial charge in [-0.1, -0.05) is 103 Å². The Kier molecular flexibility index (Phi) is 22.8. The van der Waals surface area contributed by atoms with Crippen molar-refractivity contribution in [1.29, 1.82) is 0 Å². The molecule has 5 N–H and O–H groups in total. The highest BCUT2D eigenvalue weighted by Gasteiger charge is 2.17. The Morgan fingerprint density at radius 2 is 0.821 bits per heavy atom. The number of aromatic nitrogens is 3. The molecule has 39 heavy (non-hydrogen) atoms. The maximum Gasteiger partial charge on any atom is 0.232 e. The molecule has 0 fully saturated rings. The first kappa shape index (κ1) is 35.3. The van der Waals surface area contributed by atoms with Crippen molar-refractivity contribution in [3.8, 4) is 0 Å². The van der Waals surface area contributed by atoms with E-state index in [1.165, 1.54) is 89.9 Å². The van der Waals surface area contributed by atoms with Crippen LogP contribution in [0, 0.1) is 0 Å². The van der Waals surface area contributed by atoms with E-state index in [4.69, 9.17) is 0 Å². The molecule has 10 nitrogen and oxygen atoms in total. The van der Waals surface area contributed by atoms with E-state index in [1.54, 1.807) is 9.80 Å². The van der Waals surface area contributed by atoms with Gasteiger partial charge in [-0.15, -0.1) is 0 Å². The van der Waals surface area contributed by atoms with Gasteiger partial charge in [-0.05, 0) is 6.42 Å². The van der Waals surface area contributed by atoms with Gasteiger partial charge in [0.05, 0.1) is 26.4 Å². The van der Waals surface area contributed by atoms with Crippen LogP contribution in [0.1, 0.15) is 110 Å². The van der Waals surface area contributed by atoms with Crippen molar-refractivity contribution in [3.63, 3.8) is 0 Å². The number of hydrogen-bond donors (Lipinski definition) is 5. The maximum atomic E-state index is 9.42. The highest BCUT2D eigenvalue weighted by Crippen LogP contribution is 2.17. The maximum absolute atomic E-state index is 9.42. The summed E-state index contributed by atoms with van der Waals surface area (Å²) in [5.41, 5.74) is 0. The van der Waals surface area contributed by atoms with E-state index >= 15 is 0 Å². The summed E-state index contributed by atoms with van der Waals surface area (Å²) in [6.45, 7) is 3.74. The molecule has 1 aromatic rings. The van der Waals surface area contributed by atoms with Gasteiger partial charge in [0.2, 0.25) is 17.8 Å². The summed E-state index contributed by atoms with van der Waals surface area (Å²) in [6, 6.07) is 0. The SMILES string of the molecule is CCCCCCCCCCCCCCCCCCNc1nc(N(CCO)CCO)nc(N(CCO)CCO)n1. The zero-order valence-corrected chi connectivity index (χ0v) is 24.7. The van der Waals surface area contributed by atoms with Crippen LogP contribution in [0.5, 0.6) is 0 Å². The number of nitrogens with zero attached hydrogens (tertiary/aromatic N) is 5. The number of nitrogens with one attached hydrogen (secondary N) is 1. The van der Waals surface area contributed by atoms with Gasteiger partial charge in [-0.2, -0.15) is 15.0 Å². The standard InChI is InChI=1S/C29H58N6O4/c1-2-3-4-5-6-7-8-9-10-11-12-13-14-15-16-17-18-30-27-31-28(34(19-23-36)20-24-37)33-29(32-27)35(21-25-38)22-26-39/h36-39H,2-26H2,1H3,(H,30,31,32,33). The third kappa shape index (κ3) is 17.5. The molecular weight excluding hydrogens is 496 g/mol. The minimum Gasteiger partial charge on any atom is -0.395 e. The third-order valence-corrected chi connectivity index (χ3v) is 6.97. The summed E-state index contributed by atoms with van der Waals surface area (Å²) in [5, 5.41) is 41.0. The molecule has 10 heteroatoms. The Balaban J connectivity index is 2.33. The molecule has 1 aromatic heterocycles. The Morgan fingerprint density at radius 1 is 0.487 bits per heavy atom. The predicted molar refractivity (Wildman–Crippen MR) is 161 cm³/mol. The molecule has 0 saturated heterocycles. The van der Waals surface area contributed by atoms with Crippen LogP contribution in [0.4, 0.5) is 17.8 Å². The van der Waals surface area contributed by atoms with Crippen LogP contribution in [0.3, 0.4) is 0 Å². The third-order valence-electron chi connectivity index (χ3n) is 6.97. The zero-order chi connectivity index (χ0) is 28.4. The van der Waals surface area contributed by atoms with E-state index in [1.807, 2.05) is 0 Å². The summed E-state index contributed by atoms with van der Waals surface area (Å²) in [4.78, 5) is 16.9. The lowest BCUT2D eigenvalue weighted by Gasteiger charge is -2.25. The number of anilines is 3. The van der Waals surface area contributed by atoms with Crippen LogP contribution >= 0.6 is 0 Å². The van der Waals surface area contributed by atoms with E-state index in [9.17, 15) is 20.4 Å². The molecule has 0 aromatic carbocycles. The topological polar surface area (TPSA) is 138 Å². The van der Waals surface area contributed by atoms with Crippen LogP contribution in [0.2, 0.25) is 0 Å². The first-order chi connectivity index (χ1) is 19.2. The van der Waals surface area contributed by atoms with Gasteiger partial charge >= 0.3 is 0 Å². The highest BCUT2D eigenvalue weighted by molar-refractivity contribution is 5.45. The average Bonchev–Trinajstić information content (AvgIpc) is 2.94. The fourth-order valence-electron chi connectivity index (χ4n) is 4.70. The van der Waals surface area contributed by atoms with Gasteiger partial charge < -0.3 is 35.5 Å².